The van der Waals surface area contributed by atoms with Crippen LogP contribution in [0.25, 0.3) is 0 Å². The number of methoxy groups -OCH3 is 3. The molecule has 40 heavy (non-hydrogen) atoms. The quantitative estimate of drug-likeness (QED) is 0.377. The smallest absolute Gasteiger partial charge is 0.259 e. The molecule has 1 aliphatic rings. The molecule has 1 aliphatic heterocycles. The molecule has 1 fully saturated rings. The highest BCUT2D eigenvalue weighted by Gasteiger charge is 2.24. The summed E-state index contributed by atoms with van der Waals surface area (Å²) in [5.41, 5.74) is 3.30. The summed E-state index contributed by atoms with van der Waals surface area (Å²) in [4.78, 5) is 31.1. The Labute approximate surface area is 236 Å². The number of amides is 2. The normalized spacial score (nSPS) is 13.8. The lowest BCUT2D eigenvalue weighted by Crippen LogP contribution is -2.47. The van der Waals surface area contributed by atoms with Crippen LogP contribution < -0.4 is 34.6 Å². The molecule has 0 unspecified atom stereocenters. The number of benzene rings is 3. The summed E-state index contributed by atoms with van der Waals surface area (Å²) in [6.07, 6.45) is 0.812. The Balaban J connectivity index is 1.57. The fourth-order valence-electron chi connectivity index (χ4n) is 4.74. The van der Waals surface area contributed by atoms with Crippen LogP contribution in [0, 0.1) is 0 Å². The molecule has 2 N–H and O–H groups in total. The zero-order valence-corrected chi connectivity index (χ0v) is 23.8. The predicted molar refractivity (Wildman–Crippen MR) is 159 cm³/mol. The highest BCUT2D eigenvalue weighted by Crippen LogP contribution is 2.32. The van der Waals surface area contributed by atoms with Crippen molar-refractivity contribution in [2.75, 3.05) is 62.6 Å². The third-order valence-electron chi connectivity index (χ3n) is 7.19. The monoisotopic (exact) mass is 546 g/mol. The molecule has 3 aromatic rings. The van der Waals surface area contributed by atoms with Crippen molar-refractivity contribution in [1.29, 1.82) is 0 Å². The van der Waals surface area contributed by atoms with Gasteiger partial charge in [0.1, 0.15) is 17.2 Å². The third-order valence-corrected chi connectivity index (χ3v) is 7.19. The summed E-state index contributed by atoms with van der Waals surface area (Å²) in [7, 11) is 4.74. The van der Waals surface area contributed by atoms with Crippen molar-refractivity contribution in [2.24, 2.45) is 0 Å². The second-order valence-electron chi connectivity index (χ2n) is 9.68. The molecule has 4 rings (SSSR count). The average molecular weight is 547 g/mol. The number of hydrogen-bond acceptors (Lipinski definition) is 7. The molecule has 0 saturated carbocycles. The van der Waals surface area contributed by atoms with Crippen LogP contribution in [-0.2, 0) is 0 Å². The van der Waals surface area contributed by atoms with E-state index in [4.69, 9.17) is 14.2 Å². The van der Waals surface area contributed by atoms with Gasteiger partial charge in [-0.2, -0.15) is 0 Å². The van der Waals surface area contributed by atoms with Gasteiger partial charge >= 0.3 is 0 Å². The minimum Gasteiger partial charge on any atom is -0.497 e. The summed E-state index contributed by atoms with van der Waals surface area (Å²) in [5, 5.41) is 6.00. The molecule has 0 aliphatic carbocycles. The molecule has 1 saturated heterocycles. The van der Waals surface area contributed by atoms with Crippen LogP contribution in [0.1, 0.15) is 41.0 Å². The van der Waals surface area contributed by atoms with E-state index in [9.17, 15) is 9.59 Å². The number of carbonyl (C=O) groups excluding carboxylic acids is 2. The minimum atomic E-state index is -0.342. The number of nitrogens with zero attached hydrogens (tertiary/aromatic N) is 2. The van der Waals surface area contributed by atoms with Crippen LogP contribution >= 0.6 is 0 Å². The van der Waals surface area contributed by atoms with Crippen LogP contribution in [0.4, 0.5) is 17.1 Å². The summed E-state index contributed by atoms with van der Waals surface area (Å²) in [6.45, 7) is 7.03. The Morgan fingerprint density at radius 2 is 1.45 bits per heavy atom. The topological polar surface area (TPSA) is 92.4 Å². The van der Waals surface area contributed by atoms with Crippen molar-refractivity contribution in [3.05, 3.63) is 71.8 Å². The zero-order chi connectivity index (χ0) is 28.6. The highest BCUT2D eigenvalue weighted by molar-refractivity contribution is 6.08. The Morgan fingerprint density at radius 1 is 0.775 bits per heavy atom. The molecule has 0 bridgehead atoms. The summed E-state index contributed by atoms with van der Waals surface area (Å²) < 4.78 is 16.2. The molecular formula is C31H38N4O5. The van der Waals surface area contributed by atoms with Gasteiger partial charge in [-0.1, -0.05) is 19.1 Å². The van der Waals surface area contributed by atoms with Crippen LogP contribution in [0.3, 0.4) is 0 Å². The maximum Gasteiger partial charge on any atom is 0.259 e. The van der Waals surface area contributed by atoms with Crippen molar-refractivity contribution in [2.45, 2.75) is 26.3 Å². The van der Waals surface area contributed by atoms with E-state index in [1.54, 1.807) is 38.5 Å². The molecule has 0 spiro atoms. The van der Waals surface area contributed by atoms with Gasteiger partial charge in [0.2, 0.25) is 0 Å². The molecule has 212 valence electrons. The van der Waals surface area contributed by atoms with Gasteiger partial charge in [-0.05, 0) is 55.8 Å². The van der Waals surface area contributed by atoms with Crippen LogP contribution in [-0.4, -0.2) is 65.4 Å². The van der Waals surface area contributed by atoms with Crippen LogP contribution in [0.15, 0.2) is 60.7 Å². The lowest BCUT2D eigenvalue weighted by molar-refractivity contribution is 0.0938. The van der Waals surface area contributed by atoms with E-state index in [0.29, 0.717) is 28.3 Å². The SMILES string of the molecule is CC[C@@H](C)NC(=O)c1cc(NC(=O)c2ccc(OC)cc2OC)ccc1N1CCN(c2ccccc2OC)CC1. The van der Waals surface area contributed by atoms with Gasteiger partial charge in [0.15, 0.2) is 0 Å². The first kappa shape index (κ1) is 28.6. The highest BCUT2D eigenvalue weighted by atomic mass is 16.5. The van der Waals surface area contributed by atoms with E-state index in [1.807, 2.05) is 44.2 Å². The second kappa shape index (κ2) is 13.1. The predicted octanol–water partition coefficient (Wildman–Crippen LogP) is 4.82. The summed E-state index contributed by atoms with van der Waals surface area (Å²) in [6, 6.07) is 18.5. The van der Waals surface area contributed by atoms with Gasteiger partial charge in [0.25, 0.3) is 11.8 Å². The minimum absolute atomic E-state index is 0.0181. The maximum absolute atomic E-state index is 13.4. The third kappa shape index (κ3) is 6.42. The average Bonchev–Trinajstić information content (AvgIpc) is 3.00. The van der Waals surface area contributed by atoms with Crippen molar-refractivity contribution in [1.82, 2.24) is 5.32 Å². The van der Waals surface area contributed by atoms with E-state index in [0.717, 1.165) is 49.7 Å². The van der Waals surface area contributed by atoms with Crippen LogP contribution in [0.5, 0.6) is 17.2 Å². The Hall–Kier alpha value is -4.40. The van der Waals surface area contributed by atoms with E-state index >= 15 is 0 Å². The number of ether oxygens (including phenoxy) is 3. The first-order chi connectivity index (χ1) is 19.4. The first-order valence-electron chi connectivity index (χ1n) is 13.5. The Morgan fingerprint density at radius 3 is 2.10 bits per heavy atom. The summed E-state index contributed by atoms with van der Waals surface area (Å²) in [5.74, 6) is 1.32. The molecule has 3 aromatic carbocycles. The van der Waals surface area contributed by atoms with Gasteiger partial charge < -0.3 is 34.6 Å². The zero-order valence-electron chi connectivity index (χ0n) is 23.8. The largest absolute Gasteiger partial charge is 0.497 e. The lowest BCUT2D eigenvalue weighted by atomic mass is 10.1. The molecule has 2 amide bonds. The summed E-state index contributed by atoms with van der Waals surface area (Å²) >= 11 is 0. The maximum atomic E-state index is 13.4. The molecule has 9 nitrogen and oxygen atoms in total. The number of nitrogens with one attached hydrogen (secondary N) is 2. The fourth-order valence-corrected chi connectivity index (χ4v) is 4.74. The molecule has 0 aromatic heterocycles. The van der Waals surface area contributed by atoms with Gasteiger partial charge in [-0.25, -0.2) is 0 Å². The van der Waals surface area contributed by atoms with Crippen LogP contribution in [0.2, 0.25) is 0 Å². The van der Waals surface area contributed by atoms with Crippen molar-refractivity contribution in [3.63, 3.8) is 0 Å². The standard InChI is InChI=1S/C31H38N4O5/c1-6-21(2)32-31(37)25-19-22(33-30(36)24-13-12-23(38-3)20-29(24)40-5)11-14-26(25)34-15-17-35(18-16-34)27-9-7-8-10-28(27)39-4/h7-14,19-21H,6,15-18H2,1-5H3,(H,32,37)(H,33,36)/t21-/m1/s1. The fraction of sp³-hybridized carbons (Fsp3) is 0.355. The Kier molecular flexibility index (Phi) is 9.37. The van der Waals surface area contributed by atoms with E-state index in [1.165, 1.54) is 7.11 Å². The first-order valence-corrected chi connectivity index (χ1v) is 13.5. The number of rotatable bonds is 10. The number of carbonyl (C=O) groups is 2. The lowest BCUT2D eigenvalue weighted by Gasteiger charge is -2.38. The molecule has 9 heteroatoms. The van der Waals surface area contributed by atoms with Gasteiger partial charge in [0, 0.05) is 49.7 Å². The van der Waals surface area contributed by atoms with E-state index in [2.05, 4.69) is 26.5 Å². The molecule has 1 atom stereocenters. The van der Waals surface area contributed by atoms with Crippen molar-refractivity contribution < 1.29 is 23.8 Å². The Bertz CT molecular complexity index is 1340. The van der Waals surface area contributed by atoms with Gasteiger partial charge in [0.05, 0.1) is 38.1 Å². The van der Waals surface area contributed by atoms with Crippen molar-refractivity contribution >= 4 is 28.9 Å². The van der Waals surface area contributed by atoms with Gasteiger partial charge in [-0.3, -0.25) is 9.59 Å². The molecular weight excluding hydrogens is 508 g/mol. The van der Waals surface area contributed by atoms with Crippen molar-refractivity contribution in [3.8, 4) is 17.2 Å². The van der Waals surface area contributed by atoms with E-state index < -0.39 is 0 Å². The van der Waals surface area contributed by atoms with Gasteiger partial charge in [-0.15, -0.1) is 0 Å². The molecule has 1 heterocycles. The second-order valence-corrected chi connectivity index (χ2v) is 9.68. The number of anilines is 3. The molecule has 0 radical (unpaired) electrons. The van der Waals surface area contributed by atoms with E-state index in [-0.39, 0.29) is 17.9 Å². The number of hydrogen-bond donors (Lipinski definition) is 2. The number of para-hydroxylation sites is 2. The number of piperazine rings is 1.